The third kappa shape index (κ3) is 4.70. The van der Waals surface area contributed by atoms with E-state index in [1.165, 1.54) is 0 Å². The summed E-state index contributed by atoms with van der Waals surface area (Å²) in [5, 5.41) is 5.95. The number of morpholine rings is 1. The zero-order chi connectivity index (χ0) is 12.8. The van der Waals surface area contributed by atoms with Crippen molar-refractivity contribution in [3.63, 3.8) is 0 Å². The van der Waals surface area contributed by atoms with Crippen LogP contribution in [0.15, 0.2) is 24.3 Å². The molecule has 1 atom stereocenters. The Morgan fingerprint density at radius 2 is 2.42 bits per heavy atom. The van der Waals surface area contributed by atoms with Crippen LogP contribution in [0.4, 0.5) is 5.69 Å². The molecule has 1 fully saturated rings. The van der Waals surface area contributed by atoms with E-state index in [-0.39, 0.29) is 18.3 Å². The van der Waals surface area contributed by atoms with Crippen LogP contribution in [0, 0.1) is 0 Å². The van der Waals surface area contributed by atoms with E-state index in [4.69, 9.17) is 9.47 Å². The van der Waals surface area contributed by atoms with Crippen LogP contribution in [0.5, 0.6) is 5.75 Å². The van der Waals surface area contributed by atoms with Crippen molar-refractivity contribution in [1.82, 2.24) is 5.32 Å². The molecule has 0 spiro atoms. The summed E-state index contributed by atoms with van der Waals surface area (Å²) in [5.74, 6) is 0.619. The largest absolute Gasteiger partial charge is 0.494 e. The first-order valence-corrected chi connectivity index (χ1v) is 6.15. The monoisotopic (exact) mass is 286 g/mol. The fourth-order valence-electron chi connectivity index (χ4n) is 1.79. The van der Waals surface area contributed by atoms with Crippen molar-refractivity contribution in [2.75, 3.05) is 31.6 Å². The minimum Gasteiger partial charge on any atom is -0.494 e. The van der Waals surface area contributed by atoms with E-state index in [1.54, 1.807) is 6.07 Å². The van der Waals surface area contributed by atoms with Crippen molar-refractivity contribution in [1.29, 1.82) is 0 Å². The van der Waals surface area contributed by atoms with E-state index >= 15 is 0 Å². The zero-order valence-electron chi connectivity index (χ0n) is 10.8. The van der Waals surface area contributed by atoms with E-state index in [9.17, 15) is 4.79 Å². The van der Waals surface area contributed by atoms with Gasteiger partial charge < -0.3 is 20.1 Å². The molecule has 2 rings (SSSR count). The second kappa shape index (κ2) is 7.99. The molecule has 0 saturated carbocycles. The topological polar surface area (TPSA) is 59.6 Å². The summed E-state index contributed by atoms with van der Waals surface area (Å²) in [6, 6.07) is 7.34. The van der Waals surface area contributed by atoms with Gasteiger partial charge in [-0.2, -0.15) is 0 Å². The molecule has 0 bridgehead atoms. The number of benzene rings is 1. The van der Waals surface area contributed by atoms with Gasteiger partial charge >= 0.3 is 0 Å². The lowest BCUT2D eigenvalue weighted by Crippen LogP contribution is -2.45. The number of amides is 1. The molecule has 1 unspecified atom stereocenters. The fourth-order valence-corrected chi connectivity index (χ4v) is 1.79. The Bertz CT molecular complexity index is 409. The van der Waals surface area contributed by atoms with Gasteiger partial charge in [-0.05, 0) is 19.1 Å². The number of hydrogen-bond acceptors (Lipinski definition) is 4. The molecule has 1 aliphatic heterocycles. The van der Waals surface area contributed by atoms with E-state index in [2.05, 4.69) is 10.6 Å². The highest BCUT2D eigenvalue weighted by Crippen LogP contribution is 2.17. The molecule has 1 aromatic rings. The first-order valence-electron chi connectivity index (χ1n) is 6.15. The summed E-state index contributed by atoms with van der Waals surface area (Å²) in [6.07, 6.45) is -0.422. The van der Waals surface area contributed by atoms with Crippen LogP contribution >= 0.6 is 12.4 Å². The molecule has 1 heterocycles. The maximum atomic E-state index is 11.9. The second-order valence-electron chi connectivity index (χ2n) is 4.01. The molecular formula is C13H19ClN2O3. The summed E-state index contributed by atoms with van der Waals surface area (Å²) in [5.41, 5.74) is 0.722. The molecule has 2 N–H and O–H groups in total. The molecule has 5 nitrogen and oxygen atoms in total. The highest BCUT2D eigenvalue weighted by atomic mass is 35.5. The summed E-state index contributed by atoms with van der Waals surface area (Å²) < 4.78 is 10.8. The van der Waals surface area contributed by atoms with Gasteiger partial charge in [-0.15, -0.1) is 12.4 Å². The lowest BCUT2D eigenvalue weighted by atomic mass is 10.2. The minimum absolute atomic E-state index is 0. The molecule has 0 radical (unpaired) electrons. The molecule has 19 heavy (non-hydrogen) atoms. The standard InChI is InChI=1S/C13H18N2O3.ClH/c1-2-17-11-5-3-4-10(8-11)15-13(16)12-9-14-6-7-18-12;/h3-5,8,12,14H,2,6-7,9H2,1H3,(H,15,16);1H. The van der Waals surface area contributed by atoms with Crippen molar-refractivity contribution in [3.8, 4) is 5.75 Å². The number of hydrogen-bond donors (Lipinski definition) is 2. The predicted octanol–water partition coefficient (Wildman–Crippen LogP) is 1.43. The highest BCUT2D eigenvalue weighted by Gasteiger charge is 2.21. The number of carbonyl (C=O) groups excluding carboxylic acids is 1. The van der Waals surface area contributed by atoms with Gasteiger partial charge in [0, 0.05) is 24.8 Å². The number of nitrogens with one attached hydrogen (secondary N) is 2. The van der Waals surface area contributed by atoms with Crippen molar-refractivity contribution >= 4 is 24.0 Å². The zero-order valence-corrected chi connectivity index (χ0v) is 11.7. The highest BCUT2D eigenvalue weighted by molar-refractivity contribution is 5.94. The summed E-state index contributed by atoms with van der Waals surface area (Å²) in [6.45, 7) is 4.44. The van der Waals surface area contributed by atoms with E-state index in [0.29, 0.717) is 19.8 Å². The van der Waals surface area contributed by atoms with Crippen LogP contribution in [0.25, 0.3) is 0 Å². The van der Waals surface area contributed by atoms with E-state index in [0.717, 1.165) is 18.0 Å². The van der Waals surface area contributed by atoms with Crippen LogP contribution < -0.4 is 15.4 Å². The Morgan fingerprint density at radius 3 is 3.11 bits per heavy atom. The van der Waals surface area contributed by atoms with Crippen molar-refractivity contribution in [2.45, 2.75) is 13.0 Å². The number of ether oxygens (including phenoxy) is 2. The van der Waals surface area contributed by atoms with Crippen LogP contribution in [-0.4, -0.2) is 38.3 Å². The lowest BCUT2D eigenvalue weighted by molar-refractivity contribution is -0.128. The summed E-state index contributed by atoms with van der Waals surface area (Å²) in [4.78, 5) is 11.9. The second-order valence-corrected chi connectivity index (χ2v) is 4.01. The Hall–Kier alpha value is -1.30. The average Bonchev–Trinajstić information content (AvgIpc) is 2.40. The predicted molar refractivity (Wildman–Crippen MR) is 76.1 cm³/mol. The minimum atomic E-state index is -0.422. The van der Waals surface area contributed by atoms with Crippen LogP contribution in [0.2, 0.25) is 0 Å². The third-order valence-electron chi connectivity index (χ3n) is 2.63. The molecule has 1 saturated heterocycles. The summed E-state index contributed by atoms with van der Waals surface area (Å²) in [7, 11) is 0. The van der Waals surface area contributed by atoms with Crippen molar-refractivity contribution in [2.24, 2.45) is 0 Å². The SMILES string of the molecule is CCOc1cccc(NC(=O)C2CNCCO2)c1.Cl. The molecule has 1 aromatic carbocycles. The van der Waals surface area contributed by atoms with Crippen molar-refractivity contribution in [3.05, 3.63) is 24.3 Å². The fraction of sp³-hybridized carbons (Fsp3) is 0.462. The Labute approximate surface area is 119 Å². The van der Waals surface area contributed by atoms with Crippen molar-refractivity contribution < 1.29 is 14.3 Å². The van der Waals surface area contributed by atoms with Crippen LogP contribution in [0.3, 0.4) is 0 Å². The number of rotatable bonds is 4. The first kappa shape index (κ1) is 15.8. The smallest absolute Gasteiger partial charge is 0.254 e. The number of carbonyl (C=O) groups is 1. The Balaban J connectivity index is 0.00000180. The molecule has 6 heteroatoms. The van der Waals surface area contributed by atoms with Gasteiger partial charge in [-0.3, -0.25) is 4.79 Å². The lowest BCUT2D eigenvalue weighted by Gasteiger charge is -2.22. The molecule has 1 amide bonds. The maximum absolute atomic E-state index is 11.9. The van der Waals surface area contributed by atoms with Crippen LogP contribution in [-0.2, 0) is 9.53 Å². The van der Waals surface area contributed by atoms with Gasteiger partial charge in [0.2, 0.25) is 0 Å². The first-order chi connectivity index (χ1) is 8.79. The van der Waals surface area contributed by atoms with Gasteiger partial charge in [-0.1, -0.05) is 6.07 Å². The normalized spacial score (nSPS) is 18.3. The average molecular weight is 287 g/mol. The molecule has 0 aliphatic carbocycles. The number of halogens is 1. The van der Waals surface area contributed by atoms with Gasteiger partial charge in [0.05, 0.1) is 13.2 Å². The van der Waals surface area contributed by atoms with E-state index in [1.807, 2.05) is 25.1 Å². The van der Waals surface area contributed by atoms with Gasteiger partial charge in [0.25, 0.3) is 5.91 Å². The van der Waals surface area contributed by atoms with Crippen LogP contribution in [0.1, 0.15) is 6.92 Å². The maximum Gasteiger partial charge on any atom is 0.254 e. The Kier molecular flexibility index (Phi) is 6.62. The molecule has 1 aliphatic rings. The third-order valence-corrected chi connectivity index (χ3v) is 2.63. The quantitative estimate of drug-likeness (QED) is 0.879. The molecule has 106 valence electrons. The van der Waals surface area contributed by atoms with Gasteiger partial charge in [0.1, 0.15) is 11.9 Å². The van der Waals surface area contributed by atoms with Gasteiger partial charge in [-0.25, -0.2) is 0 Å². The molecular weight excluding hydrogens is 268 g/mol. The van der Waals surface area contributed by atoms with Gasteiger partial charge in [0.15, 0.2) is 0 Å². The Morgan fingerprint density at radius 1 is 1.58 bits per heavy atom. The summed E-state index contributed by atoms with van der Waals surface area (Å²) >= 11 is 0. The number of anilines is 1. The molecule has 0 aromatic heterocycles. The van der Waals surface area contributed by atoms with E-state index < -0.39 is 6.10 Å².